The Morgan fingerprint density at radius 2 is 0.630 bits per heavy atom. The molecule has 6 nitrogen and oxygen atoms in total. The predicted octanol–water partition coefficient (Wildman–Crippen LogP) is 17.2. The van der Waals surface area contributed by atoms with Gasteiger partial charge in [-0.25, -0.2) is 15.0 Å². The zero-order valence-electron chi connectivity index (χ0n) is 43.2. The quantitative estimate of drug-likeness (QED) is 0.167. The standard InChI is InChI=1S/C67H56N6/c1-37-39(3)43(7)64-62(41(37)5)63-42(6)38(2)40(4)44(8)65(63)73(64)66-54(52-27-15-21-33-60(52)71-56-29-17-11-23-48(56)49-24-12-18-30-57(49)71)35-47(67-69-45(9)68-46(10)70-67)36-55(66)53-28-16-22-34-61(53)72-58-31-19-13-25-50(58)51-26-14-20-32-59(51)72/h11-36H,1-10H3. The Kier molecular flexibility index (Phi) is 10.0. The number of nitrogens with zero attached hydrogens (tertiary/aromatic N) is 6. The lowest BCUT2D eigenvalue weighted by atomic mass is 9.90. The normalized spacial score (nSPS) is 12.0. The van der Waals surface area contributed by atoms with Gasteiger partial charge in [-0.1, -0.05) is 109 Å². The summed E-state index contributed by atoms with van der Waals surface area (Å²) < 4.78 is 7.62. The Balaban J connectivity index is 1.30. The molecule has 9 aromatic carbocycles. The Hall–Kier alpha value is -8.61. The van der Waals surface area contributed by atoms with Gasteiger partial charge in [-0.3, -0.25) is 0 Å². The molecule has 6 heteroatoms. The number of rotatable bonds is 6. The molecule has 354 valence electrons. The van der Waals surface area contributed by atoms with Crippen LogP contribution >= 0.6 is 0 Å². The van der Waals surface area contributed by atoms with Crippen molar-refractivity contribution in [3.8, 4) is 50.7 Å². The van der Waals surface area contributed by atoms with Crippen LogP contribution in [-0.2, 0) is 0 Å². The molecular weight excluding hydrogens is 889 g/mol. The molecule has 73 heavy (non-hydrogen) atoms. The third kappa shape index (κ3) is 6.39. The zero-order chi connectivity index (χ0) is 50.1. The molecule has 0 unspecified atom stereocenters. The minimum absolute atomic E-state index is 0.641. The molecule has 0 radical (unpaired) electrons. The second-order valence-corrected chi connectivity index (χ2v) is 20.2. The van der Waals surface area contributed by atoms with Gasteiger partial charge in [-0.2, -0.15) is 0 Å². The van der Waals surface area contributed by atoms with Crippen molar-refractivity contribution in [3.05, 3.63) is 214 Å². The fourth-order valence-corrected chi connectivity index (χ4v) is 12.4. The van der Waals surface area contributed by atoms with Gasteiger partial charge in [0.15, 0.2) is 5.82 Å². The van der Waals surface area contributed by atoms with Gasteiger partial charge >= 0.3 is 0 Å². The number of aryl methyl sites for hydroxylation is 6. The summed E-state index contributed by atoms with van der Waals surface area (Å²) in [4.78, 5) is 15.0. The van der Waals surface area contributed by atoms with Crippen LogP contribution in [0.5, 0.6) is 0 Å². The number of benzene rings is 9. The van der Waals surface area contributed by atoms with E-state index in [0.29, 0.717) is 17.5 Å². The van der Waals surface area contributed by atoms with E-state index in [-0.39, 0.29) is 0 Å². The molecular formula is C67H56N6. The van der Waals surface area contributed by atoms with Crippen molar-refractivity contribution in [2.75, 3.05) is 0 Å². The molecule has 0 amide bonds. The highest BCUT2D eigenvalue weighted by molar-refractivity contribution is 6.17. The molecule has 0 spiro atoms. The molecule has 0 atom stereocenters. The molecule has 0 fully saturated rings. The topological polar surface area (TPSA) is 53.5 Å². The van der Waals surface area contributed by atoms with Gasteiger partial charge in [0.2, 0.25) is 0 Å². The molecule has 0 aliphatic heterocycles. The van der Waals surface area contributed by atoms with Crippen LogP contribution in [0.15, 0.2) is 158 Å². The Morgan fingerprint density at radius 1 is 0.301 bits per heavy atom. The van der Waals surface area contributed by atoms with E-state index in [1.807, 2.05) is 13.8 Å². The number of fused-ring (bicyclic) bond motifs is 9. The molecule has 4 aromatic heterocycles. The number of hydrogen-bond donors (Lipinski definition) is 0. The summed E-state index contributed by atoms with van der Waals surface area (Å²) in [6.07, 6.45) is 0. The monoisotopic (exact) mass is 944 g/mol. The highest BCUT2D eigenvalue weighted by atomic mass is 15.0. The van der Waals surface area contributed by atoms with Crippen molar-refractivity contribution in [2.24, 2.45) is 0 Å². The lowest BCUT2D eigenvalue weighted by molar-refractivity contribution is 0.928. The van der Waals surface area contributed by atoms with Crippen LogP contribution in [0.3, 0.4) is 0 Å². The van der Waals surface area contributed by atoms with E-state index in [1.165, 1.54) is 87.9 Å². The average Bonchev–Trinajstić information content (AvgIpc) is 4.07. The zero-order valence-corrected chi connectivity index (χ0v) is 43.2. The fraction of sp³-hybridized carbons (Fsp3) is 0.149. The van der Waals surface area contributed by atoms with E-state index >= 15 is 0 Å². The first-order valence-electron chi connectivity index (χ1n) is 25.5. The van der Waals surface area contributed by atoms with Crippen molar-refractivity contribution in [3.63, 3.8) is 0 Å². The smallest absolute Gasteiger partial charge is 0.163 e. The van der Waals surface area contributed by atoms with Crippen LogP contribution in [-0.4, -0.2) is 28.7 Å². The van der Waals surface area contributed by atoms with Gasteiger partial charge in [0.1, 0.15) is 11.6 Å². The molecule has 0 aliphatic rings. The first kappa shape index (κ1) is 44.3. The minimum Gasteiger partial charge on any atom is -0.309 e. The SMILES string of the molecule is Cc1nc(C)nc(-c2cc(-c3ccccc3-n3c4ccccc4c4ccccc43)c(-n3c4c(C)c(C)c(C)c(C)c4c4c(C)c(C)c(C)c(C)c43)c(-c3ccccc3-n3c4ccccc4c4ccccc43)c2)n1. The minimum atomic E-state index is 0.641. The number of aromatic nitrogens is 6. The highest BCUT2D eigenvalue weighted by Gasteiger charge is 2.30. The molecule has 0 aliphatic carbocycles. The van der Waals surface area contributed by atoms with Crippen molar-refractivity contribution < 1.29 is 0 Å². The van der Waals surface area contributed by atoms with Gasteiger partial charge < -0.3 is 13.7 Å². The summed E-state index contributed by atoms with van der Waals surface area (Å²) in [7, 11) is 0. The van der Waals surface area contributed by atoms with E-state index in [0.717, 1.165) is 66.9 Å². The van der Waals surface area contributed by atoms with Crippen LogP contribution < -0.4 is 0 Å². The Bertz CT molecular complexity index is 4120. The predicted molar refractivity (Wildman–Crippen MR) is 307 cm³/mol. The fourth-order valence-electron chi connectivity index (χ4n) is 12.4. The summed E-state index contributed by atoms with van der Waals surface area (Å²) in [5.74, 6) is 2.01. The van der Waals surface area contributed by atoms with Crippen molar-refractivity contribution in [1.82, 2.24) is 28.7 Å². The number of hydrogen-bond acceptors (Lipinski definition) is 3. The Morgan fingerprint density at radius 3 is 1.01 bits per heavy atom. The van der Waals surface area contributed by atoms with Crippen molar-refractivity contribution >= 4 is 65.4 Å². The largest absolute Gasteiger partial charge is 0.309 e. The van der Waals surface area contributed by atoms with E-state index in [9.17, 15) is 0 Å². The van der Waals surface area contributed by atoms with Crippen molar-refractivity contribution in [2.45, 2.75) is 69.2 Å². The second-order valence-electron chi connectivity index (χ2n) is 20.2. The van der Waals surface area contributed by atoms with E-state index in [4.69, 9.17) is 15.0 Å². The number of para-hydroxylation sites is 6. The molecule has 0 saturated heterocycles. The van der Waals surface area contributed by atoms with Gasteiger partial charge in [0.25, 0.3) is 0 Å². The van der Waals surface area contributed by atoms with Crippen LogP contribution in [0.25, 0.3) is 116 Å². The third-order valence-corrected chi connectivity index (χ3v) is 16.5. The summed E-state index contributed by atoms with van der Waals surface area (Å²) in [5, 5.41) is 7.50. The van der Waals surface area contributed by atoms with Crippen molar-refractivity contribution in [1.29, 1.82) is 0 Å². The molecule has 4 heterocycles. The average molecular weight is 945 g/mol. The molecule has 0 N–H and O–H groups in total. The molecule has 0 bridgehead atoms. The van der Waals surface area contributed by atoms with Crippen LogP contribution in [0, 0.1) is 69.2 Å². The first-order chi connectivity index (χ1) is 35.4. The van der Waals surface area contributed by atoms with E-state index in [1.54, 1.807) is 0 Å². The van der Waals surface area contributed by atoms with Gasteiger partial charge in [0, 0.05) is 60.1 Å². The summed E-state index contributed by atoms with van der Waals surface area (Å²) in [6, 6.07) is 58.0. The summed E-state index contributed by atoms with van der Waals surface area (Å²) in [5.41, 5.74) is 26.1. The third-order valence-electron chi connectivity index (χ3n) is 16.5. The first-order valence-corrected chi connectivity index (χ1v) is 25.5. The second kappa shape index (κ2) is 16.5. The maximum Gasteiger partial charge on any atom is 0.163 e. The van der Waals surface area contributed by atoms with Gasteiger partial charge in [-0.15, -0.1) is 0 Å². The van der Waals surface area contributed by atoms with Gasteiger partial charge in [0.05, 0.1) is 50.2 Å². The molecule has 13 aromatic rings. The lowest BCUT2D eigenvalue weighted by Gasteiger charge is -2.25. The van der Waals surface area contributed by atoms with E-state index < -0.39 is 0 Å². The summed E-state index contributed by atoms with van der Waals surface area (Å²) in [6.45, 7) is 22.5. The van der Waals surface area contributed by atoms with Gasteiger partial charge in [-0.05, 0) is 162 Å². The molecule has 13 rings (SSSR count). The van der Waals surface area contributed by atoms with Crippen LogP contribution in [0.2, 0.25) is 0 Å². The van der Waals surface area contributed by atoms with Crippen LogP contribution in [0.4, 0.5) is 0 Å². The van der Waals surface area contributed by atoms with Crippen LogP contribution in [0.1, 0.15) is 56.2 Å². The molecule has 0 saturated carbocycles. The lowest BCUT2D eigenvalue weighted by Crippen LogP contribution is -2.08. The van der Waals surface area contributed by atoms with E-state index in [2.05, 4.69) is 227 Å². The Labute approximate surface area is 425 Å². The maximum absolute atomic E-state index is 5.13. The maximum atomic E-state index is 5.13. The highest BCUT2D eigenvalue weighted by Crippen LogP contribution is 2.51. The summed E-state index contributed by atoms with van der Waals surface area (Å²) >= 11 is 0.